The number of nitrogen functional groups attached to an aromatic ring is 1. The summed E-state index contributed by atoms with van der Waals surface area (Å²) in [5, 5.41) is 5.53. The van der Waals surface area contributed by atoms with Crippen molar-refractivity contribution in [2.24, 2.45) is 0 Å². The summed E-state index contributed by atoms with van der Waals surface area (Å²) >= 11 is 1.97. The van der Waals surface area contributed by atoms with Gasteiger partial charge in [0.15, 0.2) is 0 Å². The number of nitrogens with one attached hydrogen (secondary N) is 1. The molecule has 4 heteroatoms. The number of hydrogen-bond acceptors (Lipinski definition) is 4. The van der Waals surface area contributed by atoms with Crippen LogP contribution in [0, 0.1) is 0 Å². The van der Waals surface area contributed by atoms with Crippen LogP contribution in [0.4, 0.5) is 11.4 Å². The van der Waals surface area contributed by atoms with Gasteiger partial charge in [0.2, 0.25) is 0 Å². The van der Waals surface area contributed by atoms with E-state index in [9.17, 15) is 0 Å². The van der Waals surface area contributed by atoms with Crippen LogP contribution in [-0.2, 0) is 0 Å². The number of pyridine rings is 1. The Kier molecular flexibility index (Phi) is 3.51. The summed E-state index contributed by atoms with van der Waals surface area (Å²) in [6.07, 6.45) is 7.91. The molecule has 1 heterocycles. The molecule has 1 aliphatic carbocycles. The van der Waals surface area contributed by atoms with Crippen LogP contribution in [0.1, 0.15) is 19.3 Å². The summed E-state index contributed by atoms with van der Waals surface area (Å²) in [6.45, 7) is 0. The first-order chi connectivity index (χ1) is 9.29. The van der Waals surface area contributed by atoms with Crippen LogP contribution < -0.4 is 11.1 Å². The molecular weight excluding hydrogens is 254 g/mol. The zero-order chi connectivity index (χ0) is 13.2. The minimum absolute atomic E-state index is 0.557. The van der Waals surface area contributed by atoms with Gasteiger partial charge in [0.25, 0.3) is 0 Å². The second-order valence-corrected chi connectivity index (χ2v) is 6.13. The van der Waals surface area contributed by atoms with Gasteiger partial charge in [0.1, 0.15) is 0 Å². The van der Waals surface area contributed by atoms with E-state index in [-0.39, 0.29) is 0 Å². The second kappa shape index (κ2) is 5.29. The molecule has 1 saturated carbocycles. The van der Waals surface area contributed by atoms with Crippen molar-refractivity contribution in [3.05, 3.63) is 30.5 Å². The number of rotatable bonds is 3. The maximum Gasteiger partial charge on any atom is 0.0951 e. The van der Waals surface area contributed by atoms with Gasteiger partial charge >= 0.3 is 0 Å². The van der Waals surface area contributed by atoms with Crippen LogP contribution in [-0.4, -0.2) is 22.5 Å². The van der Waals surface area contributed by atoms with E-state index in [0.717, 1.165) is 22.3 Å². The molecule has 1 aliphatic rings. The summed E-state index contributed by atoms with van der Waals surface area (Å²) in [7, 11) is 0. The van der Waals surface area contributed by atoms with Gasteiger partial charge in [-0.05, 0) is 31.2 Å². The Hall–Kier alpha value is -1.42. The van der Waals surface area contributed by atoms with E-state index in [1.165, 1.54) is 19.3 Å². The molecule has 1 aromatic carbocycles. The Bertz CT molecular complexity index is 585. The lowest BCUT2D eigenvalue weighted by molar-refractivity contribution is 0.770. The fourth-order valence-electron chi connectivity index (χ4n) is 2.90. The zero-order valence-corrected chi connectivity index (χ0v) is 11.9. The number of thioether (sulfide) groups is 1. The fraction of sp³-hybridized carbons (Fsp3) is 0.400. The van der Waals surface area contributed by atoms with Gasteiger partial charge in [-0.15, -0.1) is 0 Å². The topological polar surface area (TPSA) is 50.9 Å². The Morgan fingerprint density at radius 2 is 2.21 bits per heavy atom. The quantitative estimate of drug-likeness (QED) is 0.840. The van der Waals surface area contributed by atoms with Gasteiger partial charge in [-0.25, -0.2) is 0 Å². The molecule has 19 heavy (non-hydrogen) atoms. The van der Waals surface area contributed by atoms with Crippen molar-refractivity contribution >= 4 is 34.0 Å². The summed E-state index contributed by atoms with van der Waals surface area (Å²) in [5.74, 6) is 0. The highest BCUT2D eigenvalue weighted by Gasteiger charge is 2.26. The average Bonchev–Trinajstić information content (AvgIpc) is 2.87. The molecule has 100 valence electrons. The first kappa shape index (κ1) is 12.6. The van der Waals surface area contributed by atoms with Crippen LogP contribution >= 0.6 is 11.8 Å². The van der Waals surface area contributed by atoms with Gasteiger partial charge in [-0.2, -0.15) is 11.8 Å². The van der Waals surface area contributed by atoms with E-state index in [0.29, 0.717) is 11.3 Å². The van der Waals surface area contributed by atoms with Crippen LogP contribution in [0.5, 0.6) is 0 Å². The van der Waals surface area contributed by atoms with E-state index < -0.39 is 0 Å². The smallest absolute Gasteiger partial charge is 0.0951 e. The van der Waals surface area contributed by atoms with E-state index in [1.807, 2.05) is 30.1 Å². The monoisotopic (exact) mass is 273 g/mol. The Balaban J connectivity index is 1.95. The lowest BCUT2D eigenvalue weighted by Gasteiger charge is -2.21. The van der Waals surface area contributed by atoms with Gasteiger partial charge in [0, 0.05) is 28.6 Å². The molecule has 0 amide bonds. The first-order valence-electron chi connectivity index (χ1n) is 6.72. The molecule has 3 rings (SSSR count). The highest BCUT2D eigenvalue weighted by Crippen LogP contribution is 2.33. The molecule has 1 aromatic heterocycles. The van der Waals surface area contributed by atoms with E-state index in [4.69, 9.17) is 5.73 Å². The Morgan fingerprint density at radius 3 is 3.05 bits per heavy atom. The third kappa shape index (κ3) is 2.37. The molecule has 3 N–H and O–H groups in total. The number of aromatic nitrogens is 1. The molecule has 2 unspecified atom stereocenters. The summed E-state index contributed by atoms with van der Waals surface area (Å²) in [5.41, 5.74) is 8.79. The van der Waals surface area contributed by atoms with Gasteiger partial charge in [0.05, 0.1) is 11.2 Å². The van der Waals surface area contributed by atoms with Crippen molar-refractivity contribution in [2.45, 2.75) is 30.6 Å². The van der Waals surface area contributed by atoms with Crippen molar-refractivity contribution < 1.29 is 0 Å². The normalized spacial score (nSPS) is 22.8. The lowest BCUT2D eigenvalue weighted by Crippen LogP contribution is -2.25. The first-order valence-corrected chi connectivity index (χ1v) is 8.01. The SMILES string of the molecule is CSC1CCCC1Nc1ccnc2c(N)cccc12. The lowest BCUT2D eigenvalue weighted by atomic mass is 10.1. The average molecular weight is 273 g/mol. The largest absolute Gasteiger partial charge is 0.397 e. The third-order valence-corrected chi connectivity index (χ3v) is 5.07. The molecule has 0 aliphatic heterocycles. The molecule has 0 radical (unpaired) electrons. The molecule has 3 nitrogen and oxygen atoms in total. The Morgan fingerprint density at radius 1 is 1.32 bits per heavy atom. The zero-order valence-electron chi connectivity index (χ0n) is 11.1. The standard InChI is InChI=1S/C15H19N3S/c1-19-14-7-3-6-13(14)18-12-8-9-17-15-10(12)4-2-5-11(15)16/h2,4-5,8-9,13-14H,3,6-7,16H2,1H3,(H,17,18). The molecule has 2 atom stereocenters. The minimum Gasteiger partial charge on any atom is -0.397 e. The van der Waals surface area contributed by atoms with Gasteiger partial charge < -0.3 is 11.1 Å². The van der Waals surface area contributed by atoms with Gasteiger partial charge in [-0.3, -0.25) is 4.98 Å². The molecule has 0 bridgehead atoms. The number of fused-ring (bicyclic) bond motifs is 1. The fourth-order valence-corrected chi connectivity index (χ4v) is 3.83. The molecule has 0 saturated heterocycles. The van der Waals surface area contributed by atoms with E-state index >= 15 is 0 Å². The Labute approximate surface area is 118 Å². The number of benzene rings is 1. The third-order valence-electron chi connectivity index (χ3n) is 3.90. The van der Waals surface area contributed by atoms with Crippen molar-refractivity contribution in [1.29, 1.82) is 0 Å². The van der Waals surface area contributed by atoms with Gasteiger partial charge in [-0.1, -0.05) is 18.6 Å². The van der Waals surface area contributed by atoms with Crippen LogP contribution in [0.2, 0.25) is 0 Å². The van der Waals surface area contributed by atoms with Crippen molar-refractivity contribution in [3.63, 3.8) is 0 Å². The summed E-state index contributed by atoms with van der Waals surface area (Å²) in [6, 6.07) is 8.59. The van der Waals surface area contributed by atoms with Crippen LogP contribution in [0.15, 0.2) is 30.5 Å². The second-order valence-electron chi connectivity index (χ2n) is 5.06. The number of anilines is 2. The predicted octanol–water partition coefficient (Wildman–Crippen LogP) is 3.51. The maximum atomic E-state index is 5.99. The van der Waals surface area contributed by atoms with Crippen molar-refractivity contribution in [2.75, 3.05) is 17.3 Å². The summed E-state index contributed by atoms with van der Waals surface area (Å²) in [4.78, 5) is 4.38. The highest BCUT2D eigenvalue weighted by molar-refractivity contribution is 7.99. The highest BCUT2D eigenvalue weighted by atomic mass is 32.2. The van der Waals surface area contributed by atoms with E-state index in [2.05, 4.69) is 28.7 Å². The summed E-state index contributed by atoms with van der Waals surface area (Å²) < 4.78 is 0. The van der Waals surface area contributed by atoms with Crippen LogP contribution in [0.25, 0.3) is 10.9 Å². The minimum atomic E-state index is 0.557. The number of nitrogens with zero attached hydrogens (tertiary/aromatic N) is 1. The predicted molar refractivity (Wildman–Crippen MR) is 84.7 cm³/mol. The maximum absolute atomic E-state index is 5.99. The molecular formula is C15H19N3S. The van der Waals surface area contributed by atoms with Crippen LogP contribution in [0.3, 0.4) is 0 Å². The molecule has 1 fully saturated rings. The van der Waals surface area contributed by atoms with Crippen molar-refractivity contribution in [1.82, 2.24) is 4.98 Å². The molecule has 0 spiro atoms. The van der Waals surface area contributed by atoms with Crippen molar-refractivity contribution in [3.8, 4) is 0 Å². The van der Waals surface area contributed by atoms with E-state index in [1.54, 1.807) is 0 Å². The number of nitrogens with two attached hydrogens (primary N) is 1. The molecule has 2 aromatic rings. The number of hydrogen-bond donors (Lipinski definition) is 2. The number of para-hydroxylation sites is 1.